The third-order valence-corrected chi connectivity index (χ3v) is 4.74. The average molecular weight is 279 g/mol. The summed E-state index contributed by atoms with van der Waals surface area (Å²) in [6.07, 6.45) is 10.2. The average Bonchev–Trinajstić information content (AvgIpc) is 3.09. The van der Waals surface area contributed by atoms with E-state index >= 15 is 0 Å². The Morgan fingerprint density at radius 2 is 2.20 bits per heavy atom. The molecule has 0 amide bonds. The summed E-state index contributed by atoms with van der Waals surface area (Å²) in [5, 5.41) is 7.99. The molecule has 0 aliphatic heterocycles. The van der Waals surface area contributed by atoms with Crippen molar-refractivity contribution in [2.75, 3.05) is 13.7 Å². The van der Waals surface area contributed by atoms with E-state index < -0.39 is 0 Å². The molecule has 0 bridgehead atoms. The van der Waals surface area contributed by atoms with Gasteiger partial charge in [-0.05, 0) is 44.7 Å². The van der Waals surface area contributed by atoms with Gasteiger partial charge in [0.25, 0.3) is 0 Å². The first-order valence-electron chi connectivity index (χ1n) is 7.97. The van der Waals surface area contributed by atoms with Crippen molar-refractivity contribution in [3.63, 3.8) is 0 Å². The number of methoxy groups -OCH3 is 1. The lowest BCUT2D eigenvalue weighted by molar-refractivity contribution is -0.0377. The maximum absolute atomic E-state index is 5.97. The summed E-state index contributed by atoms with van der Waals surface area (Å²) in [6, 6.07) is 2.57. The van der Waals surface area contributed by atoms with Crippen LogP contribution in [0.3, 0.4) is 0 Å². The molecule has 0 aromatic carbocycles. The second-order valence-corrected chi connectivity index (χ2v) is 5.97. The molecule has 20 heavy (non-hydrogen) atoms. The van der Waals surface area contributed by atoms with Gasteiger partial charge >= 0.3 is 0 Å². The fraction of sp³-hybridized carbons (Fsp3) is 0.812. The Bertz CT molecular complexity index is 396. The van der Waals surface area contributed by atoms with Crippen molar-refractivity contribution in [2.24, 2.45) is 7.05 Å². The predicted octanol–water partition coefficient (Wildman–Crippen LogP) is 2.68. The molecule has 2 rings (SSSR count). The van der Waals surface area contributed by atoms with E-state index in [1.54, 1.807) is 0 Å². The Hall–Kier alpha value is -0.870. The number of aromatic nitrogens is 2. The van der Waals surface area contributed by atoms with Crippen LogP contribution in [0.5, 0.6) is 0 Å². The zero-order chi connectivity index (χ0) is 14.4. The van der Waals surface area contributed by atoms with Crippen LogP contribution in [0.15, 0.2) is 12.3 Å². The molecule has 1 unspecified atom stereocenters. The van der Waals surface area contributed by atoms with Crippen molar-refractivity contribution in [2.45, 2.75) is 63.5 Å². The summed E-state index contributed by atoms with van der Waals surface area (Å²) < 4.78 is 7.95. The lowest BCUT2D eigenvalue weighted by atomic mass is 9.88. The summed E-state index contributed by atoms with van der Waals surface area (Å²) in [6.45, 7) is 3.29. The molecule has 4 nitrogen and oxygen atoms in total. The summed E-state index contributed by atoms with van der Waals surface area (Å²) in [7, 11) is 3.90. The van der Waals surface area contributed by atoms with E-state index in [4.69, 9.17) is 4.74 Å². The highest BCUT2D eigenvalue weighted by Crippen LogP contribution is 2.37. The van der Waals surface area contributed by atoms with Crippen molar-refractivity contribution >= 4 is 0 Å². The molecular formula is C16H29N3O. The van der Waals surface area contributed by atoms with Gasteiger partial charge in [-0.15, -0.1) is 0 Å². The van der Waals surface area contributed by atoms with Crippen LogP contribution in [0.2, 0.25) is 0 Å². The monoisotopic (exact) mass is 279 g/mol. The molecule has 114 valence electrons. The highest BCUT2D eigenvalue weighted by molar-refractivity contribution is 5.03. The minimum absolute atomic E-state index is 0.0494. The van der Waals surface area contributed by atoms with Crippen molar-refractivity contribution in [1.82, 2.24) is 15.1 Å². The predicted molar refractivity (Wildman–Crippen MR) is 81.8 cm³/mol. The number of hydrogen-bond donors (Lipinski definition) is 1. The van der Waals surface area contributed by atoms with Gasteiger partial charge in [-0.3, -0.25) is 4.68 Å². The van der Waals surface area contributed by atoms with Gasteiger partial charge in [0.15, 0.2) is 0 Å². The van der Waals surface area contributed by atoms with Crippen molar-refractivity contribution < 1.29 is 4.74 Å². The normalized spacial score (nSPS) is 19.4. The molecule has 0 spiro atoms. The summed E-state index contributed by atoms with van der Waals surface area (Å²) >= 11 is 0. The third kappa shape index (κ3) is 3.41. The largest absolute Gasteiger partial charge is 0.377 e. The summed E-state index contributed by atoms with van der Waals surface area (Å²) in [5.74, 6) is 0. The van der Waals surface area contributed by atoms with Gasteiger partial charge in [0.05, 0.1) is 5.60 Å². The molecule has 0 radical (unpaired) electrons. The first kappa shape index (κ1) is 15.5. The van der Waals surface area contributed by atoms with Crippen LogP contribution in [0, 0.1) is 0 Å². The van der Waals surface area contributed by atoms with Gasteiger partial charge in [-0.25, -0.2) is 0 Å². The lowest BCUT2D eigenvalue weighted by Gasteiger charge is -2.37. The van der Waals surface area contributed by atoms with E-state index in [0.29, 0.717) is 6.04 Å². The number of nitrogens with one attached hydrogen (secondary N) is 1. The van der Waals surface area contributed by atoms with Gasteiger partial charge in [0, 0.05) is 32.1 Å². The number of rotatable bonds is 8. The molecule has 1 aromatic rings. The minimum atomic E-state index is 0.0494. The van der Waals surface area contributed by atoms with E-state index in [1.165, 1.54) is 37.8 Å². The Kier molecular flexibility index (Phi) is 5.61. The van der Waals surface area contributed by atoms with Crippen LogP contribution in [0.25, 0.3) is 0 Å². The molecule has 1 N–H and O–H groups in total. The fourth-order valence-electron chi connectivity index (χ4n) is 3.48. The van der Waals surface area contributed by atoms with Crippen molar-refractivity contribution in [3.8, 4) is 0 Å². The molecule has 1 heterocycles. The quantitative estimate of drug-likeness (QED) is 0.795. The molecule has 1 atom stereocenters. The molecule has 4 heteroatoms. The lowest BCUT2D eigenvalue weighted by Crippen LogP contribution is -2.51. The molecule has 1 aromatic heterocycles. The third-order valence-electron chi connectivity index (χ3n) is 4.74. The SMILES string of the molecule is CCCNC(CCc1ccnn1C)C1(OC)CCCC1. The van der Waals surface area contributed by atoms with Crippen LogP contribution in [-0.2, 0) is 18.2 Å². The number of ether oxygens (including phenoxy) is 1. The number of nitrogens with zero attached hydrogens (tertiary/aromatic N) is 2. The molecule has 1 saturated carbocycles. The van der Waals surface area contributed by atoms with Gasteiger partial charge in [-0.1, -0.05) is 19.8 Å². The van der Waals surface area contributed by atoms with E-state index in [1.807, 2.05) is 25.0 Å². The molecule has 1 aliphatic rings. The topological polar surface area (TPSA) is 39.1 Å². The molecular weight excluding hydrogens is 250 g/mol. The van der Waals surface area contributed by atoms with Gasteiger partial charge in [-0.2, -0.15) is 5.10 Å². The minimum Gasteiger partial charge on any atom is -0.377 e. The highest BCUT2D eigenvalue weighted by atomic mass is 16.5. The Morgan fingerprint density at radius 1 is 1.45 bits per heavy atom. The number of aryl methyl sites for hydroxylation is 2. The maximum atomic E-state index is 5.97. The zero-order valence-electron chi connectivity index (χ0n) is 13.2. The molecule has 1 aliphatic carbocycles. The van der Waals surface area contributed by atoms with Crippen molar-refractivity contribution in [3.05, 3.63) is 18.0 Å². The van der Waals surface area contributed by atoms with Crippen LogP contribution >= 0.6 is 0 Å². The van der Waals surface area contributed by atoms with E-state index in [2.05, 4.69) is 23.4 Å². The van der Waals surface area contributed by atoms with E-state index in [-0.39, 0.29) is 5.60 Å². The summed E-state index contributed by atoms with van der Waals surface area (Å²) in [4.78, 5) is 0. The zero-order valence-corrected chi connectivity index (χ0v) is 13.2. The van der Waals surface area contributed by atoms with E-state index in [0.717, 1.165) is 19.4 Å². The molecule has 1 fully saturated rings. The first-order chi connectivity index (χ1) is 9.72. The van der Waals surface area contributed by atoms with Crippen LogP contribution < -0.4 is 5.32 Å². The van der Waals surface area contributed by atoms with Crippen LogP contribution in [0.1, 0.15) is 51.1 Å². The fourth-order valence-corrected chi connectivity index (χ4v) is 3.48. The van der Waals surface area contributed by atoms with Gasteiger partial charge in [0.1, 0.15) is 0 Å². The van der Waals surface area contributed by atoms with Crippen LogP contribution in [0.4, 0.5) is 0 Å². The van der Waals surface area contributed by atoms with Crippen molar-refractivity contribution in [1.29, 1.82) is 0 Å². The standard InChI is InChI=1S/C16H29N3O/c1-4-12-17-15(16(20-3)10-5-6-11-16)8-7-14-9-13-18-19(14)2/h9,13,15,17H,4-8,10-12H2,1-3H3. The van der Waals surface area contributed by atoms with Gasteiger partial charge in [0.2, 0.25) is 0 Å². The smallest absolute Gasteiger partial charge is 0.0831 e. The Balaban J connectivity index is 2.01. The Labute approximate surface area is 122 Å². The second kappa shape index (κ2) is 7.23. The van der Waals surface area contributed by atoms with Gasteiger partial charge < -0.3 is 10.1 Å². The van der Waals surface area contributed by atoms with E-state index in [9.17, 15) is 0 Å². The second-order valence-electron chi connectivity index (χ2n) is 5.97. The number of hydrogen-bond acceptors (Lipinski definition) is 3. The highest BCUT2D eigenvalue weighted by Gasteiger charge is 2.40. The first-order valence-corrected chi connectivity index (χ1v) is 7.97. The molecule has 0 saturated heterocycles. The Morgan fingerprint density at radius 3 is 2.75 bits per heavy atom. The summed E-state index contributed by atoms with van der Waals surface area (Å²) in [5.41, 5.74) is 1.35. The maximum Gasteiger partial charge on any atom is 0.0831 e. The van der Waals surface area contributed by atoms with Crippen LogP contribution in [-0.4, -0.2) is 35.1 Å².